The number of anilines is 1. The second-order valence-corrected chi connectivity index (χ2v) is 14.4. The number of unbranched alkanes of at least 4 members (excludes halogenated alkanes) is 13. The molecule has 0 spiro atoms. The highest BCUT2D eigenvalue weighted by molar-refractivity contribution is 7.51. The zero-order valence-electron chi connectivity index (χ0n) is 28.9. The van der Waals surface area contributed by atoms with E-state index in [9.17, 15) is 19.1 Å². The average Bonchev–Trinajstić information content (AvgIpc) is 3.05. The number of nitrogens with zero attached hydrogens (tertiary/aromatic N) is 2. The fraction of sp³-hybridized carbons (Fsp3) is 0.622. The Balaban J connectivity index is 1.64. The number of ether oxygens (including phenoxy) is 2. The van der Waals surface area contributed by atoms with Crippen molar-refractivity contribution in [2.45, 2.75) is 136 Å². The van der Waals surface area contributed by atoms with Gasteiger partial charge in [0.1, 0.15) is 18.3 Å². The summed E-state index contributed by atoms with van der Waals surface area (Å²) in [6, 6.07) is 13.9. The van der Waals surface area contributed by atoms with E-state index in [-0.39, 0.29) is 12.4 Å². The number of hydrogen-bond donors (Lipinski definition) is 3. The number of benzene rings is 2. The van der Waals surface area contributed by atoms with Crippen LogP contribution in [0, 0.1) is 0 Å². The Hall–Kier alpha value is -2.55. The van der Waals surface area contributed by atoms with Crippen LogP contribution in [0.1, 0.15) is 129 Å². The fourth-order valence-corrected chi connectivity index (χ4v) is 6.61. The van der Waals surface area contributed by atoms with E-state index in [0.29, 0.717) is 24.3 Å². The molecular formula is C37H58N3O6P. The molecule has 0 fully saturated rings. The molecule has 10 heteroatoms. The molecule has 1 aromatic heterocycles. The minimum Gasteiger partial charge on any atom is -0.384 e. The maximum atomic E-state index is 13.4. The quantitative estimate of drug-likeness (QED) is 0.0633. The van der Waals surface area contributed by atoms with Gasteiger partial charge in [0.05, 0.1) is 18.3 Å². The van der Waals surface area contributed by atoms with Gasteiger partial charge in [-0.15, -0.1) is 0 Å². The molecule has 0 saturated heterocycles. The molecule has 0 radical (unpaired) electrons. The first-order chi connectivity index (χ1) is 22.7. The van der Waals surface area contributed by atoms with E-state index in [2.05, 4.69) is 11.9 Å². The molecule has 0 saturated carbocycles. The summed E-state index contributed by atoms with van der Waals surface area (Å²) >= 11 is 0. The van der Waals surface area contributed by atoms with Crippen molar-refractivity contribution in [3.05, 3.63) is 58.6 Å². The van der Waals surface area contributed by atoms with Gasteiger partial charge in [0.2, 0.25) is 0 Å². The van der Waals surface area contributed by atoms with Crippen LogP contribution in [0.4, 0.5) is 5.82 Å². The Kier molecular flexibility index (Phi) is 17.2. The highest BCUT2D eigenvalue weighted by Crippen LogP contribution is 2.38. The molecule has 2 unspecified atom stereocenters. The Morgan fingerprint density at radius 1 is 0.830 bits per heavy atom. The molecule has 2 aromatic carbocycles. The lowest BCUT2D eigenvalue weighted by molar-refractivity contribution is 0.0443. The van der Waals surface area contributed by atoms with Crippen molar-refractivity contribution in [3.8, 4) is 11.1 Å². The lowest BCUT2D eigenvalue weighted by atomic mass is 9.95. The van der Waals surface area contributed by atoms with E-state index in [0.717, 1.165) is 29.2 Å². The van der Waals surface area contributed by atoms with Gasteiger partial charge in [0, 0.05) is 12.2 Å². The zero-order chi connectivity index (χ0) is 34.1. The van der Waals surface area contributed by atoms with Gasteiger partial charge in [-0.1, -0.05) is 140 Å². The van der Waals surface area contributed by atoms with Gasteiger partial charge in [-0.3, -0.25) is 9.13 Å². The summed E-state index contributed by atoms with van der Waals surface area (Å²) in [6.07, 6.45) is 16.8. The van der Waals surface area contributed by atoms with E-state index >= 15 is 0 Å². The summed E-state index contributed by atoms with van der Waals surface area (Å²) in [4.78, 5) is 36.4. The summed E-state index contributed by atoms with van der Waals surface area (Å²) in [5, 5.41) is 2.00. The highest BCUT2D eigenvalue weighted by Gasteiger charge is 2.25. The molecule has 9 nitrogen and oxygen atoms in total. The minimum atomic E-state index is -4.36. The maximum Gasteiger partial charge on any atom is 0.350 e. The number of nitrogens with two attached hydrogens (primary N) is 1. The Labute approximate surface area is 281 Å². The topological polar surface area (TPSA) is 137 Å². The first-order valence-electron chi connectivity index (χ1n) is 17.8. The van der Waals surface area contributed by atoms with Gasteiger partial charge in [0.15, 0.2) is 0 Å². The van der Waals surface area contributed by atoms with Crippen molar-refractivity contribution in [1.82, 2.24) is 9.55 Å². The summed E-state index contributed by atoms with van der Waals surface area (Å²) in [5.41, 5.74) is 8.22. The van der Waals surface area contributed by atoms with E-state index in [1.807, 2.05) is 49.4 Å². The number of nitrogen functional groups attached to an aromatic ring is 1. The lowest BCUT2D eigenvalue weighted by Gasteiger charge is -2.24. The molecule has 1 heterocycles. The Morgan fingerprint density at radius 3 is 2.00 bits per heavy atom. The molecule has 0 aliphatic carbocycles. The van der Waals surface area contributed by atoms with Crippen LogP contribution in [0.3, 0.4) is 0 Å². The highest BCUT2D eigenvalue weighted by atomic mass is 31.2. The number of rotatable bonds is 24. The SMILES string of the molecule is CCCCCCCCCCCCCCCCOC(CC)c1nc(=O)n(CC(C)OCP(=O)(O)O)c(N)c1-c1cccc2ccccc12. The number of aromatic nitrogens is 2. The molecule has 0 aliphatic heterocycles. The Bertz CT molecular complexity index is 1450. The molecule has 0 amide bonds. The van der Waals surface area contributed by atoms with E-state index in [1.165, 1.54) is 81.6 Å². The zero-order valence-corrected chi connectivity index (χ0v) is 29.8. The lowest BCUT2D eigenvalue weighted by Crippen LogP contribution is -2.33. The molecule has 0 aliphatic rings. The van der Waals surface area contributed by atoms with Crippen molar-refractivity contribution in [2.24, 2.45) is 0 Å². The van der Waals surface area contributed by atoms with Gasteiger partial charge >= 0.3 is 13.3 Å². The van der Waals surface area contributed by atoms with Crippen molar-refractivity contribution >= 4 is 24.2 Å². The molecule has 2 atom stereocenters. The molecule has 47 heavy (non-hydrogen) atoms. The molecule has 4 N–H and O–H groups in total. The summed E-state index contributed by atoms with van der Waals surface area (Å²) in [5.74, 6) is 0.224. The molecule has 0 bridgehead atoms. The third kappa shape index (κ3) is 13.1. The predicted octanol–water partition coefficient (Wildman–Crippen LogP) is 9.14. The average molecular weight is 672 g/mol. The summed E-state index contributed by atoms with van der Waals surface area (Å²) in [6.45, 7) is 6.49. The third-order valence-electron chi connectivity index (χ3n) is 8.77. The molecule has 262 valence electrons. The number of fused-ring (bicyclic) bond motifs is 1. The minimum absolute atomic E-state index is 0.00753. The second-order valence-electron chi connectivity index (χ2n) is 12.8. The van der Waals surface area contributed by atoms with Crippen molar-refractivity contribution in [1.29, 1.82) is 0 Å². The molecule has 3 aromatic rings. The van der Waals surface area contributed by atoms with Crippen molar-refractivity contribution in [2.75, 3.05) is 18.7 Å². The van der Waals surface area contributed by atoms with Gasteiger partial charge in [-0.2, -0.15) is 4.98 Å². The van der Waals surface area contributed by atoms with Crippen LogP contribution in [-0.4, -0.2) is 38.4 Å². The smallest absolute Gasteiger partial charge is 0.350 e. The van der Waals surface area contributed by atoms with Crippen LogP contribution < -0.4 is 11.4 Å². The predicted molar refractivity (Wildman–Crippen MR) is 193 cm³/mol. The first kappa shape index (κ1) is 38.9. The fourth-order valence-electron chi connectivity index (χ4n) is 6.16. The summed E-state index contributed by atoms with van der Waals surface area (Å²) < 4.78 is 24.4. The first-order valence-corrected chi connectivity index (χ1v) is 19.6. The van der Waals surface area contributed by atoms with Crippen LogP contribution >= 0.6 is 7.60 Å². The van der Waals surface area contributed by atoms with Gasteiger partial charge in [0.25, 0.3) is 0 Å². The standard InChI is InChI=1S/C37H58N3O6P/c1-4-6-7-8-9-10-11-12-13-14-15-16-17-20-26-45-33(5-2)35-34(32-25-21-23-30-22-18-19-24-31(30)32)36(38)40(37(41)39-35)27-29(3)46-28-47(42,43)44/h18-19,21-25,29,33H,4-17,20,26-28,38H2,1-3H3,(H2,42,43,44). The monoisotopic (exact) mass is 671 g/mol. The van der Waals surface area contributed by atoms with Crippen LogP contribution in [0.15, 0.2) is 47.3 Å². The third-order valence-corrected chi connectivity index (χ3v) is 9.25. The van der Waals surface area contributed by atoms with E-state index in [4.69, 9.17) is 15.2 Å². The molecule has 3 rings (SSSR count). The summed E-state index contributed by atoms with van der Waals surface area (Å²) in [7, 11) is -4.36. The van der Waals surface area contributed by atoms with Crippen LogP contribution in [-0.2, 0) is 20.6 Å². The second kappa shape index (κ2) is 20.7. The largest absolute Gasteiger partial charge is 0.384 e. The van der Waals surface area contributed by atoms with Gasteiger partial charge in [-0.25, -0.2) is 4.79 Å². The van der Waals surface area contributed by atoms with Crippen molar-refractivity contribution < 1.29 is 23.8 Å². The maximum absolute atomic E-state index is 13.4. The van der Waals surface area contributed by atoms with Crippen LogP contribution in [0.2, 0.25) is 0 Å². The number of hydrogen-bond acceptors (Lipinski definition) is 6. The van der Waals surface area contributed by atoms with Gasteiger partial charge in [-0.05, 0) is 36.1 Å². The molecular weight excluding hydrogens is 613 g/mol. The van der Waals surface area contributed by atoms with Gasteiger partial charge < -0.3 is 25.0 Å². The normalized spacial score (nSPS) is 13.3. The van der Waals surface area contributed by atoms with Crippen LogP contribution in [0.5, 0.6) is 0 Å². The van der Waals surface area contributed by atoms with E-state index in [1.54, 1.807) is 6.92 Å². The van der Waals surface area contributed by atoms with Crippen molar-refractivity contribution in [3.63, 3.8) is 0 Å². The van der Waals surface area contributed by atoms with Crippen LogP contribution in [0.25, 0.3) is 21.9 Å². The Morgan fingerprint density at radius 2 is 1.40 bits per heavy atom. The van der Waals surface area contributed by atoms with E-state index < -0.39 is 31.8 Å².